The van der Waals surface area contributed by atoms with Crippen molar-refractivity contribution in [3.05, 3.63) is 115 Å². The van der Waals surface area contributed by atoms with Crippen molar-refractivity contribution in [1.82, 2.24) is 4.57 Å². The van der Waals surface area contributed by atoms with Crippen LogP contribution in [-0.2, 0) is 16.1 Å². The number of rotatable bonds is 7. The van der Waals surface area contributed by atoms with E-state index in [0.29, 0.717) is 44.3 Å². The molecule has 3 aromatic carbocycles. The molecule has 2 aliphatic heterocycles. The summed E-state index contributed by atoms with van der Waals surface area (Å²) in [5, 5.41) is 0. The highest BCUT2D eigenvalue weighted by atomic mass is 127. The largest absolute Gasteiger partial charge is 0.487 e. The first-order valence-corrected chi connectivity index (χ1v) is 16.1. The van der Waals surface area contributed by atoms with Crippen LogP contribution in [0.4, 0.5) is 0 Å². The molecule has 1 unspecified atom stereocenters. The van der Waals surface area contributed by atoms with E-state index in [0.717, 1.165) is 24.0 Å². The minimum atomic E-state index is -0.731. The molecule has 3 heterocycles. The lowest BCUT2D eigenvalue weighted by Crippen LogP contribution is -2.39. The van der Waals surface area contributed by atoms with Gasteiger partial charge in [0.1, 0.15) is 12.4 Å². The molecule has 4 aromatic rings. The standard InChI is InChI=1S/C31H24I2N2O6S/c1-3-38-30(37)26-17(2)34-31-35(27(26)20-9-10-23-24(14-20)41-16-40-23)29(36)25(42-31)13-19-11-21(32)28(22(33)12-19)39-15-18-7-5-4-6-8-18/h4-14,27H,3,15-16H2,1-2H3. The van der Waals surface area contributed by atoms with Crippen molar-refractivity contribution < 1.29 is 23.7 Å². The summed E-state index contributed by atoms with van der Waals surface area (Å²) in [6.45, 7) is 4.30. The zero-order valence-corrected chi connectivity index (χ0v) is 27.7. The van der Waals surface area contributed by atoms with Crippen LogP contribution in [0.25, 0.3) is 6.08 Å². The average molecular weight is 806 g/mol. The number of nitrogens with zero attached hydrogens (tertiary/aromatic N) is 2. The molecule has 8 nitrogen and oxygen atoms in total. The number of fused-ring (bicyclic) bond motifs is 2. The molecule has 0 bridgehead atoms. The number of halogens is 2. The Bertz CT molecular complexity index is 1890. The first-order valence-electron chi connectivity index (χ1n) is 13.1. The maximum atomic E-state index is 14.0. The Morgan fingerprint density at radius 1 is 1.10 bits per heavy atom. The number of carbonyl (C=O) groups excluding carboxylic acids is 1. The van der Waals surface area contributed by atoms with Crippen molar-refractivity contribution >= 4 is 68.6 Å². The number of esters is 1. The van der Waals surface area contributed by atoms with Crippen LogP contribution in [-0.4, -0.2) is 23.9 Å². The molecule has 0 saturated heterocycles. The molecular formula is C31H24I2N2O6S. The lowest BCUT2D eigenvalue weighted by Gasteiger charge is -2.24. The first kappa shape index (κ1) is 28.9. The van der Waals surface area contributed by atoms with Gasteiger partial charge in [0.2, 0.25) is 6.79 Å². The SMILES string of the molecule is CCOC(=O)C1=C(C)N=c2sc(=Cc3cc(I)c(OCc4ccccc4)c(I)c3)c(=O)n2C1c1ccc2c(c1)OCO2. The fraction of sp³-hybridized carbons (Fsp3) is 0.194. The van der Waals surface area contributed by atoms with Gasteiger partial charge in [0.25, 0.3) is 5.56 Å². The number of hydrogen-bond acceptors (Lipinski definition) is 8. The summed E-state index contributed by atoms with van der Waals surface area (Å²) >= 11 is 5.80. The summed E-state index contributed by atoms with van der Waals surface area (Å²) in [4.78, 5) is 32.3. The van der Waals surface area contributed by atoms with Gasteiger partial charge in [-0.25, -0.2) is 9.79 Å². The third kappa shape index (κ3) is 5.61. The minimum absolute atomic E-state index is 0.120. The van der Waals surface area contributed by atoms with E-state index in [2.05, 4.69) is 50.2 Å². The molecule has 6 rings (SSSR count). The average Bonchev–Trinajstić information content (AvgIpc) is 3.56. The lowest BCUT2D eigenvalue weighted by atomic mass is 9.95. The molecule has 0 saturated carbocycles. The Morgan fingerprint density at radius 3 is 2.57 bits per heavy atom. The Hall–Kier alpha value is -3.17. The van der Waals surface area contributed by atoms with E-state index in [4.69, 9.17) is 18.9 Å². The number of carbonyl (C=O) groups is 1. The number of allylic oxidation sites excluding steroid dienone is 1. The number of aromatic nitrogens is 1. The Labute approximate surface area is 272 Å². The van der Waals surface area contributed by atoms with Crippen LogP contribution in [0.2, 0.25) is 0 Å². The van der Waals surface area contributed by atoms with E-state index in [1.165, 1.54) is 11.3 Å². The van der Waals surface area contributed by atoms with Gasteiger partial charge in [-0.2, -0.15) is 0 Å². The first-order chi connectivity index (χ1) is 20.3. The van der Waals surface area contributed by atoms with Gasteiger partial charge in [-0.1, -0.05) is 47.7 Å². The highest BCUT2D eigenvalue weighted by Crippen LogP contribution is 2.38. The predicted octanol–water partition coefficient (Wildman–Crippen LogP) is 5.32. The molecule has 0 spiro atoms. The van der Waals surface area contributed by atoms with Crippen molar-refractivity contribution in [3.8, 4) is 17.2 Å². The van der Waals surface area contributed by atoms with Crippen LogP contribution in [0.1, 0.15) is 36.6 Å². The van der Waals surface area contributed by atoms with Gasteiger partial charge in [-0.3, -0.25) is 9.36 Å². The zero-order chi connectivity index (χ0) is 29.4. The van der Waals surface area contributed by atoms with Gasteiger partial charge in [0.05, 0.1) is 35.6 Å². The normalized spacial score (nSPS) is 15.8. The molecule has 42 heavy (non-hydrogen) atoms. The van der Waals surface area contributed by atoms with Crippen LogP contribution in [0.5, 0.6) is 17.2 Å². The molecule has 214 valence electrons. The van der Waals surface area contributed by atoms with Crippen LogP contribution >= 0.6 is 56.5 Å². The van der Waals surface area contributed by atoms with Crippen molar-refractivity contribution in [2.75, 3.05) is 13.4 Å². The zero-order valence-electron chi connectivity index (χ0n) is 22.6. The van der Waals surface area contributed by atoms with Gasteiger partial charge >= 0.3 is 5.97 Å². The second kappa shape index (κ2) is 12.2. The van der Waals surface area contributed by atoms with E-state index < -0.39 is 12.0 Å². The number of hydrogen-bond donors (Lipinski definition) is 0. The lowest BCUT2D eigenvalue weighted by molar-refractivity contribution is -0.139. The van der Waals surface area contributed by atoms with E-state index >= 15 is 0 Å². The van der Waals surface area contributed by atoms with Gasteiger partial charge < -0.3 is 18.9 Å². The quantitative estimate of drug-likeness (QED) is 0.186. The van der Waals surface area contributed by atoms with E-state index in [1.807, 2.05) is 54.6 Å². The van der Waals surface area contributed by atoms with Gasteiger partial charge in [-0.05, 0) is 106 Å². The van der Waals surface area contributed by atoms with Gasteiger partial charge in [-0.15, -0.1) is 0 Å². The number of thiazole rings is 1. The molecular weight excluding hydrogens is 782 g/mol. The Balaban J connectivity index is 1.41. The summed E-state index contributed by atoms with van der Waals surface area (Å²) in [5.41, 5.74) is 3.23. The van der Waals surface area contributed by atoms with E-state index in [1.54, 1.807) is 30.5 Å². The smallest absolute Gasteiger partial charge is 0.338 e. The molecule has 0 fully saturated rings. The van der Waals surface area contributed by atoms with E-state index in [-0.39, 0.29) is 19.0 Å². The van der Waals surface area contributed by atoms with Crippen molar-refractivity contribution in [3.63, 3.8) is 0 Å². The van der Waals surface area contributed by atoms with Crippen LogP contribution in [0, 0.1) is 7.14 Å². The van der Waals surface area contributed by atoms with Gasteiger partial charge in [0.15, 0.2) is 16.3 Å². The molecule has 0 aliphatic carbocycles. The topological polar surface area (TPSA) is 88.4 Å². The molecule has 1 aromatic heterocycles. The summed E-state index contributed by atoms with van der Waals surface area (Å²) in [6.07, 6.45) is 1.86. The monoisotopic (exact) mass is 806 g/mol. The molecule has 2 aliphatic rings. The van der Waals surface area contributed by atoms with E-state index in [9.17, 15) is 9.59 Å². The van der Waals surface area contributed by atoms with Crippen LogP contribution < -0.4 is 29.1 Å². The molecule has 11 heteroatoms. The maximum absolute atomic E-state index is 14.0. The molecule has 0 radical (unpaired) electrons. The third-order valence-corrected chi connectivity index (χ3v) is 9.36. The highest BCUT2D eigenvalue weighted by molar-refractivity contribution is 14.1. The number of ether oxygens (including phenoxy) is 4. The summed E-state index contributed by atoms with van der Waals surface area (Å²) in [6, 6.07) is 18.7. The second-order valence-corrected chi connectivity index (χ2v) is 12.8. The second-order valence-electron chi connectivity index (χ2n) is 9.50. The molecule has 0 amide bonds. The summed E-state index contributed by atoms with van der Waals surface area (Å²) < 4.78 is 26.5. The van der Waals surface area contributed by atoms with Crippen molar-refractivity contribution in [1.29, 1.82) is 0 Å². The predicted molar refractivity (Wildman–Crippen MR) is 176 cm³/mol. The van der Waals surface area contributed by atoms with Gasteiger partial charge in [0, 0.05) is 0 Å². The highest BCUT2D eigenvalue weighted by Gasteiger charge is 2.34. The summed E-state index contributed by atoms with van der Waals surface area (Å²) in [5.74, 6) is 1.47. The third-order valence-electron chi connectivity index (χ3n) is 6.77. The fourth-order valence-electron chi connectivity index (χ4n) is 4.87. The summed E-state index contributed by atoms with van der Waals surface area (Å²) in [7, 11) is 0. The van der Waals surface area contributed by atoms with Crippen LogP contribution in [0.3, 0.4) is 0 Å². The molecule has 1 atom stereocenters. The van der Waals surface area contributed by atoms with Crippen molar-refractivity contribution in [2.24, 2.45) is 4.99 Å². The fourth-order valence-corrected chi connectivity index (χ4v) is 8.05. The van der Waals surface area contributed by atoms with Crippen molar-refractivity contribution in [2.45, 2.75) is 26.5 Å². The Morgan fingerprint density at radius 2 is 1.83 bits per heavy atom. The van der Waals surface area contributed by atoms with Crippen LogP contribution in [0.15, 0.2) is 81.7 Å². The Kier molecular flexibility index (Phi) is 8.41. The number of benzene rings is 3. The molecule has 0 N–H and O–H groups in total. The minimum Gasteiger partial charge on any atom is -0.487 e. The maximum Gasteiger partial charge on any atom is 0.338 e.